The van der Waals surface area contributed by atoms with E-state index in [1.54, 1.807) is 54.6 Å². The molecule has 3 aromatic carbocycles. The number of aromatic nitrogens is 1. The topological polar surface area (TPSA) is 126 Å². The number of sulfone groups is 1. The Labute approximate surface area is 232 Å². The number of carbonyl (C=O) groups excluding carboxylic acids is 2. The van der Waals surface area contributed by atoms with Gasteiger partial charge in [-0.2, -0.15) is 0 Å². The molecule has 0 saturated carbocycles. The minimum atomic E-state index is -4.39. The van der Waals surface area contributed by atoms with Crippen LogP contribution in [0.25, 0.3) is 10.9 Å². The molecular formula is C29H27NO8S2. The van der Waals surface area contributed by atoms with Gasteiger partial charge in [0, 0.05) is 5.39 Å². The first-order chi connectivity index (χ1) is 19.0. The summed E-state index contributed by atoms with van der Waals surface area (Å²) in [5, 5.41) is -0.861. The average molecular weight is 582 g/mol. The number of hydrogen-bond acceptors (Lipinski definition) is 8. The van der Waals surface area contributed by atoms with E-state index in [-0.39, 0.29) is 33.0 Å². The lowest BCUT2D eigenvalue weighted by molar-refractivity contribution is -0.163. The second-order valence-corrected chi connectivity index (χ2v) is 13.7. The lowest BCUT2D eigenvalue weighted by Gasteiger charge is -2.37. The van der Waals surface area contributed by atoms with Gasteiger partial charge in [0.1, 0.15) is 0 Å². The molecule has 9 nitrogen and oxygen atoms in total. The van der Waals surface area contributed by atoms with E-state index in [1.165, 1.54) is 24.3 Å². The van der Waals surface area contributed by atoms with E-state index < -0.39 is 48.9 Å². The molecule has 40 heavy (non-hydrogen) atoms. The van der Waals surface area contributed by atoms with Gasteiger partial charge in [-0.25, -0.2) is 20.8 Å². The largest absolute Gasteiger partial charge is 0.468 e. The minimum absolute atomic E-state index is 0.0168. The molecule has 1 unspecified atom stereocenters. The molecule has 1 heterocycles. The first-order valence-electron chi connectivity index (χ1n) is 12.4. The van der Waals surface area contributed by atoms with Crippen molar-refractivity contribution in [2.45, 2.75) is 40.2 Å². The van der Waals surface area contributed by atoms with Crippen LogP contribution in [0.1, 0.15) is 23.2 Å². The number of carbonyl (C=O) groups is 2. The number of benzene rings is 3. The number of esters is 2. The van der Waals surface area contributed by atoms with E-state index in [1.807, 2.05) is 6.92 Å². The maximum atomic E-state index is 14.2. The SMILES string of the molecule is COC(=O)C1(C(=O)OC)CC(S(=O)(=O)c2ccccc2)Cc2c1n(S(=O)(=O)c1ccc(C)cc1)c1ccccc21. The predicted molar refractivity (Wildman–Crippen MR) is 147 cm³/mol. The van der Waals surface area contributed by atoms with Gasteiger partial charge in [-0.15, -0.1) is 0 Å². The van der Waals surface area contributed by atoms with Crippen molar-refractivity contribution >= 4 is 42.7 Å². The third-order valence-corrected chi connectivity index (χ3v) is 11.3. The number of ether oxygens (including phenoxy) is 2. The molecule has 0 aliphatic heterocycles. The lowest BCUT2D eigenvalue weighted by Crippen LogP contribution is -2.53. The highest BCUT2D eigenvalue weighted by Crippen LogP contribution is 2.48. The number of fused-ring (bicyclic) bond motifs is 3. The highest BCUT2D eigenvalue weighted by atomic mass is 32.2. The van der Waals surface area contributed by atoms with Gasteiger partial charge in [0.05, 0.1) is 40.5 Å². The van der Waals surface area contributed by atoms with E-state index in [2.05, 4.69) is 0 Å². The highest BCUT2D eigenvalue weighted by molar-refractivity contribution is 7.92. The van der Waals surface area contributed by atoms with E-state index in [4.69, 9.17) is 9.47 Å². The van der Waals surface area contributed by atoms with Crippen LogP contribution in [0.5, 0.6) is 0 Å². The summed E-state index contributed by atoms with van der Waals surface area (Å²) in [7, 11) is -6.36. The number of para-hydroxylation sites is 1. The minimum Gasteiger partial charge on any atom is -0.468 e. The van der Waals surface area contributed by atoms with Gasteiger partial charge < -0.3 is 9.47 Å². The van der Waals surface area contributed by atoms with Crippen molar-refractivity contribution in [1.29, 1.82) is 0 Å². The number of aryl methyl sites for hydroxylation is 1. The van der Waals surface area contributed by atoms with Gasteiger partial charge in [0.2, 0.25) is 5.41 Å². The van der Waals surface area contributed by atoms with Crippen molar-refractivity contribution in [3.8, 4) is 0 Å². The van der Waals surface area contributed by atoms with Crippen molar-refractivity contribution in [1.82, 2.24) is 3.97 Å². The molecule has 0 fully saturated rings. The molecule has 1 atom stereocenters. The lowest BCUT2D eigenvalue weighted by atomic mass is 9.72. The Hall–Kier alpha value is -3.96. The first-order valence-corrected chi connectivity index (χ1v) is 15.4. The zero-order chi connectivity index (χ0) is 28.9. The standard InChI is InChI=1S/C29H27NO8S2/c1-19-13-15-21(16-14-19)40(35,36)30-25-12-8-7-11-23(25)24-17-22(39(33,34)20-9-5-4-6-10-20)18-29(26(24)30,27(31)37-2)28(32)38-3/h4-16,22H,17-18H2,1-3H3. The number of methoxy groups -OCH3 is 2. The van der Waals surface area contributed by atoms with Crippen LogP contribution in [0, 0.1) is 6.92 Å². The van der Waals surface area contributed by atoms with Crippen molar-refractivity contribution < 1.29 is 35.9 Å². The Morgan fingerprint density at radius 3 is 1.98 bits per heavy atom. The summed E-state index contributed by atoms with van der Waals surface area (Å²) in [6, 6.07) is 20.4. The van der Waals surface area contributed by atoms with Crippen molar-refractivity contribution in [3.63, 3.8) is 0 Å². The Balaban J connectivity index is 1.90. The Bertz CT molecular complexity index is 1830. The first kappa shape index (κ1) is 27.6. The van der Waals surface area contributed by atoms with Crippen LogP contribution >= 0.6 is 0 Å². The molecule has 5 rings (SSSR count). The molecule has 1 aliphatic carbocycles. The van der Waals surface area contributed by atoms with E-state index in [0.717, 1.165) is 23.8 Å². The Kier molecular flexibility index (Phi) is 6.83. The summed E-state index contributed by atoms with van der Waals surface area (Å²) in [6.07, 6.45) is -0.713. The molecule has 0 spiro atoms. The van der Waals surface area contributed by atoms with Crippen molar-refractivity contribution in [3.05, 3.63) is 95.7 Å². The maximum absolute atomic E-state index is 14.2. The van der Waals surface area contributed by atoms with Crippen LogP contribution in [-0.2, 0) is 50.8 Å². The molecule has 0 N–H and O–H groups in total. The third-order valence-electron chi connectivity index (χ3n) is 7.44. The molecule has 11 heteroatoms. The summed E-state index contributed by atoms with van der Waals surface area (Å²) in [5.41, 5.74) is -1.28. The average Bonchev–Trinajstić information content (AvgIpc) is 3.32. The van der Waals surface area contributed by atoms with Crippen LogP contribution in [0.3, 0.4) is 0 Å². The van der Waals surface area contributed by atoms with E-state index >= 15 is 0 Å². The number of nitrogens with zero attached hydrogens (tertiary/aromatic N) is 1. The monoisotopic (exact) mass is 581 g/mol. The summed E-state index contributed by atoms with van der Waals surface area (Å²) in [5.74, 6) is -2.23. The second kappa shape index (κ2) is 9.90. The molecule has 0 amide bonds. The molecule has 0 saturated heterocycles. The van der Waals surface area contributed by atoms with E-state index in [9.17, 15) is 26.4 Å². The highest BCUT2D eigenvalue weighted by Gasteiger charge is 2.60. The Morgan fingerprint density at radius 1 is 0.800 bits per heavy atom. The molecule has 4 aromatic rings. The molecule has 0 bridgehead atoms. The van der Waals surface area contributed by atoms with Crippen molar-refractivity contribution in [2.75, 3.05) is 14.2 Å². The molecular weight excluding hydrogens is 554 g/mol. The summed E-state index contributed by atoms with van der Waals surface area (Å²) < 4.78 is 67.4. The predicted octanol–water partition coefficient (Wildman–Crippen LogP) is 3.56. The molecule has 1 aliphatic rings. The van der Waals surface area contributed by atoms with Gasteiger partial charge >= 0.3 is 11.9 Å². The fraction of sp³-hybridized carbons (Fsp3) is 0.241. The van der Waals surface area contributed by atoms with Crippen LogP contribution in [0.15, 0.2) is 88.7 Å². The zero-order valence-electron chi connectivity index (χ0n) is 22.0. The fourth-order valence-electron chi connectivity index (χ4n) is 5.53. The summed E-state index contributed by atoms with van der Waals surface area (Å²) in [4.78, 5) is 27.3. The van der Waals surface area contributed by atoms with E-state index in [0.29, 0.717) is 5.39 Å². The normalized spacial score (nSPS) is 16.7. The molecule has 1 aromatic heterocycles. The number of rotatable bonds is 6. The second-order valence-electron chi connectivity index (χ2n) is 9.70. The Morgan fingerprint density at radius 2 is 1.38 bits per heavy atom. The quantitative estimate of drug-likeness (QED) is 0.250. The molecule has 208 valence electrons. The number of hydrogen-bond donors (Lipinski definition) is 0. The van der Waals surface area contributed by atoms with Gasteiger partial charge in [0.15, 0.2) is 9.84 Å². The van der Waals surface area contributed by atoms with Crippen LogP contribution in [0.4, 0.5) is 0 Å². The van der Waals surface area contributed by atoms with Gasteiger partial charge in [0.25, 0.3) is 10.0 Å². The van der Waals surface area contributed by atoms with Crippen LogP contribution < -0.4 is 0 Å². The third kappa shape index (κ3) is 4.03. The van der Waals surface area contributed by atoms with Crippen LogP contribution in [0.2, 0.25) is 0 Å². The molecule has 0 radical (unpaired) electrons. The van der Waals surface area contributed by atoms with Gasteiger partial charge in [-0.05, 0) is 55.7 Å². The smallest absolute Gasteiger partial charge is 0.329 e. The summed E-state index contributed by atoms with van der Waals surface area (Å²) in [6.45, 7) is 1.82. The van der Waals surface area contributed by atoms with Gasteiger partial charge in [-0.3, -0.25) is 9.59 Å². The van der Waals surface area contributed by atoms with Crippen LogP contribution in [-0.4, -0.2) is 52.2 Å². The zero-order valence-corrected chi connectivity index (χ0v) is 23.7. The van der Waals surface area contributed by atoms with Crippen molar-refractivity contribution in [2.24, 2.45) is 0 Å². The fourth-order valence-corrected chi connectivity index (χ4v) is 8.92. The maximum Gasteiger partial charge on any atom is 0.329 e. The van der Waals surface area contributed by atoms with Gasteiger partial charge in [-0.1, -0.05) is 54.1 Å². The summed E-state index contributed by atoms with van der Waals surface area (Å²) >= 11 is 0.